The molecule has 3 heterocycles. The SMILES string of the molecule is CO[C@H]1C[C@@H](Cn2ccc(N)n2)N(C(=O)c2noc3c2CCCCC3)C1. The standard InChI is InChI=1S/C18H25N5O3/c1-25-13-9-12(10-22-8-7-16(19)20-22)23(11-13)18(24)17-14-5-3-2-4-6-15(14)26-21-17/h7-8,12-13H,2-6,9-11H2,1H3,(H2,19,20)/t12-,13-/m0/s1. The second-order valence-electron chi connectivity index (χ2n) is 7.16. The van der Waals surface area contributed by atoms with Gasteiger partial charge in [-0.05, 0) is 31.7 Å². The maximum absolute atomic E-state index is 13.3. The average molecular weight is 359 g/mol. The van der Waals surface area contributed by atoms with Crippen molar-refractivity contribution in [3.05, 3.63) is 29.3 Å². The number of rotatable bonds is 4. The first-order valence-corrected chi connectivity index (χ1v) is 9.26. The van der Waals surface area contributed by atoms with E-state index in [1.54, 1.807) is 17.9 Å². The van der Waals surface area contributed by atoms with Gasteiger partial charge in [-0.1, -0.05) is 11.6 Å². The van der Waals surface area contributed by atoms with Crippen molar-refractivity contribution in [1.82, 2.24) is 19.8 Å². The zero-order chi connectivity index (χ0) is 18.1. The van der Waals surface area contributed by atoms with Crippen LogP contribution in [-0.4, -0.2) is 51.5 Å². The lowest BCUT2D eigenvalue weighted by molar-refractivity contribution is 0.0668. The predicted octanol–water partition coefficient (Wildman–Crippen LogP) is 1.65. The largest absolute Gasteiger partial charge is 0.382 e. The van der Waals surface area contributed by atoms with Gasteiger partial charge in [0, 0.05) is 31.8 Å². The van der Waals surface area contributed by atoms with Crippen molar-refractivity contribution in [2.24, 2.45) is 0 Å². The molecule has 4 rings (SSSR count). The van der Waals surface area contributed by atoms with Gasteiger partial charge >= 0.3 is 0 Å². The molecule has 2 aromatic heterocycles. The summed E-state index contributed by atoms with van der Waals surface area (Å²) in [4.78, 5) is 15.1. The minimum absolute atomic E-state index is 0.00937. The highest BCUT2D eigenvalue weighted by Crippen LogP contribution is 2.28. The van der Waals surface area contributed by atoms with E-state index in [1.807, 2.05) is 11.1 Å². The lowest BCUT2D eigenvalue weighted by Crippen LogP contribution is -2.39. The quantitative estimate of drug-likeness (QED) is 0.833. The zero-order valence-corrected chi connectivity index (χ0v) is 15.1. The van der Waals surface area contributed by atoms with Crippen LogP contribution in [-0.2, 0) is 24.1 Å². The minimum atomic E-state index is -0.0680. The Kier molecular flexibility index (Phi) is 4.67. The zero-order valence-electron chi connectivity index (χ0n) is 15.1. The van der Waals surface area contributed by atoms with Gasteiger partial charge in [-0.3, -0.25) is 9.48 Å². The number of anilines is 1. The number of ether oxygens (including phenoxy) is 1. The molecule has 0 saturated carbocycles. The van der Waals surface area contributed by atoms with Gasteiger partial charge in [0.15, 0.2) is 5.69 Å². The molecule has 140 valence electrons. The fraction of sp³-hybridized carbons (Fsp3) is 0.611. The van der Waals surface area contributed by atoms with E-state index in [0.29, 0.717) is 24.6 Å². The summed E-state index contributed by atoms with van der Waals surface area (Å²) in [5, 5.41) is 8.38. The fourth-order valence-electron chi connectivity index (χ4n) is 4.03. The van der Waals surface area contributed by atoms with Crippen molar-refractivity contribution in [3.63, 3.8) is 0 Å². The molecular weight excluding hydrogens is 334 g/mol. The Balaban J connectivity index is 1.57. The summed E-state index contributed by atoms with van der Waals surface area (Å²) < 4.78 is 12.8. The maximum Gasteiger partial charge on any atom is 0.276 e. The molecule has 8 heteroatoms. The maximum atomic E-state index is 13.3. The van der Waals surface area contributed by atoms with Crippen molar-refractivity contribution >= 4 is 11.7 Å². The van der Waals surface area contributed by atoms with Crippen molar-refractivity contribution in [2.75, 3.05) is 19.4 Å². The van der Waals surface area contributed by atoms with Gasteiger partial charge in [0.05, 0.1) is 18.7 Å². The normalized spacial score (nSPS) is 23.0. The molecule has 0 spiro atoms. The van der Waals surface area contributed by atoms with Crippen LogP contribution in [0.3, 0.4) is 0 Å². The summed E-state index contributed by atoms with van der Waals surface area (Å²) in [5.74, 6) is 1.29. The summed E-state index contributed by atoms with van der Waals surface area (Å²) in [5.41, 5.74) is 7.18. The van der Waals surface area contributed by atoms with Crippen LogP contribution in [0.2, 0.25) is 0 Å². The molecule has 26 heavy (non-hydrogen) atoms. The third-order valence-electron chi connectivity index (χ3n) is 5.43. The van der Waals surface area contributed by atoms with Crippen LogP contribution in [0.25, 0.3) is 0 Å². The number of aromatic nitrogens is 3. The Morgan fingerprint density at radius 2 is 2.23 bits per heavy atom. The molecule has 2 atom stereocenters. The van der Waals surface area contributed by atoms with Crippen LogP contribution in [0, 0.1) is 0 Å². The molecule has 8 nitrogen and oxygen atoms in total. The van der Waals surface area contributed by atoms with Gasteiger partial charge in [-0.25, -0.2) is 0 Å². The third-order valence-corrected chi connectivity index (χ3v) is 5.43. The number of nitrogens with zero attached hydrogens (tertiary/aromatic N) is 4. The van der Waals surface area contributed by atoms with Crippen LogP contribution in [0.4, 0.5) is 5.82 Å². The molecule has 1 fully saturated rings. The molecule has 2 N–H and O–H groups in total. The van der Waals surface area contributed by atoms with E-state index in [4.69, 9.17) is 15.0 Å². The molecule has 2 aromatic rings. The third kappa shape index (κ3) is 3.21. The van der Waals surface area contributed by atoms with E-state index in [-0.39, 0.29) is 18.1 Å². The number of amides is 1. The minimum Gasteiger partial charge on any atom is -0.382 e. The number of hydrogen-bond donors (Lipinski definition) is 1. The van der Waals surface area contributed by atoms with Crippen LogP contribution in [0.1, 0.15) is 47.5 Å². The summed E-state index contributed by atoms with van der Waals surface area (Å²) in [7, 11) is 1.68. The number of aryl methyl sites for hydroxylation is 1. The van der Waals surface area contributed by atoms with E-state index in [2.05, 4.69) is 10.3 Å². The topological polar surface area (TPSA) is 99.4 Å². The van der Waals surface area contributed by atoms with Gasteiger partial charge in [0.25, 0.3) is 5.91 Å². The molecule has 2 aliphatic rings. The van der Waals surface area contributed by atoms with Gasteiger partial charge in [-0.15, -0.1) is 0 Å². The van der Waals surface area contributed by atoms with E-state index in [0.717, 1.165) is 49.8 Å². The highest BCUT2D eigenvalue weighted by Gasteiger charge is 2.38. The predicted molar refractivity (Wildman–Crippen MR) is 94.6 cm³/mol. The van der Waals surface area contributed by atoms with E-state index >= 15 is 0 Å². The Labute approximate surface area is 152 Å². The first-order chi connectivity index (χ1) is 12.7. The molecule has 1 amide bonds. The second kappa shape index (κ2) is 7.11. The van der Waals surface area contributed by atoms with E-state index < -0.39 is 0 Å². The molecule has 1 saturated heterocycles. The first kappa shape index (κ1) is 17.1. The number of nitrogen functional groups attached to an aromatic ring is 1. The van der Waals surface area contributed by atoms with Gasteiger partial charge in [-0.2, -0.15) is 5.10 Å². The number of likely N-dealkylation sites (tertiary alicyclic amines) is 1. The van der Waals surface area contributed by atoms with Gasteiger partial charge in [0.2, 0.25) is 0 Å². The van der Waals surface area contributed by atoms with Crippen LogP contribution < -0.4 is 5.73 Å². The molecular formula is C18H25N5O3. The smallest absolute Gasteiger partial charge is 0.276 e. The number of methoxy groups -OCH3 is 1. The molecule has 0 unspecified atom stereocenters. The summed E-state index contributed by atoms with van der Waals surface area (Å²) >= 11 is 0. The van der Waals surface area contributed by atoms with Crippen molar-refractivity contribution in [3.8, 4) is 0 Å². The number of fused-ring (bicyclic) bond motifs is 1. The van der Waals surface area contributed by atoms with Crippen molar-refractivity contribution in [2.45, 2.75) is 57.2 Å². The Morgan fingerprint density at radius 1 is 1.38 bits per heavy atom. The number of carbonyl (C=O) groups excluding carboxylic acids is 1. The highest BCUT2D eigenvalue weighted by molar-refractivity contribution is 5.94. The molecule has 0 bridgehead atoms. The van der Waals surface area contributed by atoms with Crippen LogP contribution in [0.5, 0.6) is 0 Å². The molecule has 1 aliphatic heterocycles. The van der Waals surface area contributed by atoms with E-state index in [9.17, 15) is 4.79 Å². The van der Waals surface area contributed by atoms with E-state index in [1.165, 1.54) is 0 Å². The summed E-state index contributed by atoms with van der Waals surface area (Å²) in [6.07, 6.45) is 7.68. The second-order valence-corrected chi connectivity index (χ2v) is 7.16. The summed E-state index contributed by atoms with van der Waals surface area (Å²) in [6.45, 7) is 1.14. The Hall–Kier alpha value is -2.35. The van der Waals surface area contributed by atoms with Crippen LogP contribution >= 0.6 is 0 Å². The molecule has 0 radical (unpaired) electrons. The number of nitrogens with two attached hydrogens (primary N) is 1. The number of carbonyl (C=O) groups is 1. The Bertz CT molecular complexity index is 784. The summed E-state index contributed by atoms with van der Waals surface area (Å²) in [6, 6.07) is 1.75. The number of hydrogen-bond acceptors (Lipinski definition) is 6. The van der Waals surface area contributed by atoms with Crippen LogP contribution in [0.15, 0.2) is 16.8 Å². The molecule has 0 aromatic carbocycles. The Morgan fingerprint density at radius 3 is 3.00 bits per heavy atom. The first-order valence-electron chi connectivity index (χ1n) is 9.26. The van der Waals surface area contributed by atoms with Crippen molar-refractivity contribution < 1.29 is 14.1 Å². The van der Waals surface area contributed by atoms with Gasteiger partial charge < -0.3 is 19.9 Å². The lowest BCUT2D eigenvalue weighted by atomic mass is 10.1. The fourth-order valence-corrected chi connectivity index (χ4v) is 4.03. The van der Waals surface area contributed by atoms with Crippen molar-refractivity contribution in [1.29, 1.82) is 0 Å². The average Bonchev–Trinajstić information content (AvgIpc) is 3.30. The highest BCUT2D eigenvalue weighted by atomic mass is 16.5. The lowest BCUT2D eigenvalue weighted by Gasteiger charge is -2.23. The van der Waals surface area contributed by atoms with Gasteiger partial charge in [0.1, 0.15) is 11.6 Å². The molecule has 1 aliphatic carbocycles. The monoisotopic (exact) mass is 359 g/mol.